The Bertz CT molecular complexity index is 1490. The number of sulfonamides is 1. The van der Waals surface area contributed by atoms with Gasteiger partial charge in [-0.05, 0) is 75.1 Å². The van der Waals surface area contributed by atoms with Crippen LogP contribution >= 0.6 is 23.2 Å². The molecule has 0 radical (unpaired) electrons. The lowest BCUT2D eigenvalue weighted by Gasteiger charge is -2.34. The van der Waals surface area contributed by atoms with Crippen LogP contribution in [0.4, 0.5) is 5.69 Å². The van der Waals surface area contributed by atoms with Gasteiger partial charge in [-0.15, -0.1) is 0 Å². The number of aryl methyl sites for hydroxylation is 1. The number of carbonyl (C=O) groups excluding carboxylic acids is 2. The maximum atomic E-state index is 13.9. The van der Waals surface area contributed by atoms with Crippen LogP contribution in [0.5, 0.6) is 0 Å². The van der Waals surface area contributed by atoms with E-state index < -0.39 is 21.6 Å². The molecule has 0 aromatic heterocycles. The number of amides is 2. The highest BCUT2D eigenvalue weighted by Crippen LogP contribution is 2.27. The second-order valence-corrected chi connectivity index (χ2v) is 14.2. The minimum Gasteiger partial charge on any atom is -0.350 e. The third kappa shape index (κ3) is 10.0. The van der Waals surface area contributed by atoms with Crippen molar-refractivity contribution in [1.82, 2.24) is 10.2 Å². The number of benzene rings is 3. The molecular formula is C32H39Cl2N3O4S. The first-order valence-electron chi connectivity index (χ1n) is 13.8. The first-order chi connectivity index (χ1) is 19.6. The normalized spacial score (nSPS) is 12.5. The summed E-state index contributed by atoms with van der Waals surface area (Å²) in [6.07, 6.45) is 1.71. The zero-order valence-electron chi connectivity index (χ0n) is 24.7. The predicted molar refractivity (Wildman–Crippen MR) is 171 cm³/mol. The molecule has 0 fully saturated rings. The highest BCUT2D eigenvalue weighted by atomic mass is 35.5. The SMILES string of the molecule is Cc1ccc(Cl)cc1N(CCCC(=O)N(Cc1cccc(Cl)c1)[C@@H](Cc1ccccc1)C(=O)NC(C)(C)C)S(C)(=O)=O. The Morgan fingerprint density at radius 3 is 2.17 bits per heavy atom. The van der Waals surface area contributed by atoms with Crippen molar-refractivity contribution in [3.8, 4) is 0 Å². The second kappa shape index (κ2) is 14.4. The Kier molecular flexibility index (Phi) is 11.5. The van der Waals surface area contributed by atoms with Gasteiger partial charge in [0.25, 0.3) is 0 Å². The van der Waals surface area contributed by atoms with Crippen LogP contribution in [0, 0.1) is 6.92 Å². The van der Waals surface area contributed by atoms with E-state index in [0.717, 1.165) is 22.9 Å². The van der Waals surface area contributed by atoms with Gasteiger partial charge in [-0.3, -0.25) is 13.9 Å². The molecule has 0 aliphatic rings. The van der Waals surface area contributed by atoms with E-state index in [-0.39, 0.29) is 37.7 Å². The molecule has 0 saturated heterocycles. The Labute approximate surface area is 259 Å². The largest absolute Gasteiger partial charge is 0.350 e. The number of halogens is 2. The number of nitrogens with zero attached hydrogens (tertiary/aromatic N) is 2. The topological polar surface area (TPSA) is 86.8 Å². The van der Waals surface area contributed by atoms with Crippen LogP contribution in [0.15, 0.2) is 72.8 Å². The fraction of sp³-hybridized carbons (Fsp3) is 0.375. The molecular weight excluding hydrogens is 593 g/mol. The summed E-state index contributed by atoms with van der Waals surface area (Å²) in [5.74, 6) is -0.537. The van der Waals surface area contributed by atoms with E-state index in [4.69, 9.17) is 23.2 Å². The molecule has 0 bridgehead atoms. The van der Waals surface area contributed by atoms with Gasteiger partial charge in [-0.1, -0.05) is 71.7 Å². The van der Waals surface area contributed by atoms with Crippen molar-refractivity contribution in [1.29, 1.82) is 0 Å². The lowest BCUT2D eigenvalue weighted by molar-refractivity contribution is -0.142. The summed E-state index contributed by atoms with van der Waals surface area (Å²) in [6.45, 7) is 7.73. The molecule has 0 aliphatic carbocycles. The highest BCUT2D eigenvalue weighted by Gasteiger charge is 2.32. The zero-order chi connectivity index (χ0) is 31.1. The van der Waals surface area contributed by atoms with E-state index in [1.807, 2.05) is 64.1 Å². The summed E-state index contributed by atoms with van der Waals surface area (Å²) in [7, 11) is -3.65. The summed E-state index contributed by atoms with van der Waals surface area (Å²) in [5, 5.41) is 3.99. The smallest absolute Gasteiger partial charge is 0.243 e. The third-order valence-electron chi connectivity index (χ3n) is 6.60. The summed E-state index contributed by atoms with van der Waals surface area (Å²) >= 11 is 12.4. The lowest BCUT2D eigenvalue weighted by atomic mass is 10.00. The Hall–Kier alpha value is -3.07. The lowest BCUT2D eigenvalue weighted by Crippen LogP contribution is -2.54. The van der Waals surface area contributed by atoms with Gasteiger partial charge in [-0.2, -0.15) is 0 Å². The van der Waals surface area contributed by atoms with E-state index in [9.17, 15) is 18.0 Å². The molecule has 42 heavy (non-hydrogen) atoms. The van der Waals surface area contributed by atoms with Crippen LogP contribution < -0.4 is 9.62 Å². The van der Waals surface area contributed by atoms with Crippen molar-refractivity contribution in [2.24, 2.45) is 0 Å². The van der Waals surface area contributed by atoms with Crippen LogP contribution in [0.2, 0.25) is 10.0 Å². The summed E-state index contributed by atoms with van der Waals surface area (Å²) in [5.41, 5.74) is 2.40. The van der Waals surface area contributed by atoms with E-state index >= 15 is 0 Å². The number of nitrogens with one attached hydrogen (secondary N) is 1. The molecule has 1 N–H and O–H groups in total. The van der Waals surface area contributed by atoms with Gasteiger partial charge in [-0.25, -0.2) is 8.42 Å². The van der Waals surface area contributed by atoms with E-state index in [0.29, 0.717) is 22.2 Å². The van der Waals surface area contributed by atoms with Crippen molar-refractivity contribution in [3.05, 3.63) is 99.5 Å². The van der Waals surface area contributed by atoms with Crippen molar-refractivity contribution < 1.29 is 18.0 Å². The first-order valence-corrected chi connectivity index (χ1v) is 16.4. The minimum absolute atomic E-state index is 0.0281. The molecule has 3 rings (SSSR count). The Morgan fingerprint density at radius 2 is 1.55 bits per heavy atom. The highest BCUT2D eigenvalue weighted by molar-refractivity contribution is 7.92. The van der Waals surface area contributed by atoms with Crippen molar-refractivity contribution in [2.75, 3.05) is 17.1 Å². The van der Waals surface area contributed by atoms with Crippen molar-refractivity contribution in [2.45, 2.75) is 65.1 Å². The van der Waals surface area contributed by atoms with Crippen molar-refractivity contribution in [3.63, 3.8) is 0 Å². The average molecular weight is 633 g/mol. The number of rotatable bonds is 12. The molecule has 10 heteroatoms. The number of hydrogen-bond acceptors (Lipinski definition) is 4. The van der Waals surface area contributed by atoms with Crippen LogP contribution in [-0.2, 0) is 32.6 Å². The maximum Gasteiger partial charge on any atom is 0.243 e. The van der Waals surface area contributed by atoms with Gasteiger partial charge < -0.3 is 10.2 Å². The fourth-order valence-electron chi connectivity index (χ4n) is 4.67. The van der Waals surface area contributed by atoms with Crippen LogP contribution in [-0.4, -0.2) is 49.5 Å². The van der Waals surface area contributed by atoms with Gasteiger partial charge in [0.15, 0.2) is 0 Å². The molecule has 0 aliphatic heterocycles. The number of anilines is 1. The van der Waals surface area contributed by atoms with Gasteiger partial charge >= 0.3 is 0 Å². The van der Waals surface area contributed by atoms with E-state index in [1.165, 1.54) is 4.31 Å². The monoisotopic (exact) mass is 631 g/mol. The molecule has 3 aromatic rings. The molecule has 0 heterocycles. The van der Waals surface area contributed by atoms with Gasteiger partial charge in [0.05, 0.1) is 11.9 Å². The standard InChI is InChI=1S/C32H39Cl2N3O4S/c1-23-16-17-27(34)21-28(23)37(42(5,40)41)18-10-15-30(38)36(22-25-13-9-14-26(33)19-25)29(31(39)35-32(2,3)4)20-24-11-7-6-8-12-24/h6-9,11-14,16-17,19,21,29H,10,15,18,20,22H2,1-5H3,(H,35,39)/t29-/m0/s1. The van der Waals surface area contributed by atoms with Gasteiger partial charge in [0.1, 0.15) is 6.04 Å². The van der Waals surface area contributed by atoms with Crippen LogP contribution in [0.3, 0.4) is 0 Å². The fourth-order valence-corrected chi connectivity index (χ4v) is 6.07. The van der Waals surface area contributed by atoms with Crippen LogP contribution in [0.1, 0.15) is 50.3 Å². The molecule has 226 valence electrons. The first kappa shape index (κ1) is 33.4. The molecule has 1 atom stereocenters. The van der Waals surface area contributed by atoms with E-state index in [2.05, 4.69) is 5.32 Å². The molecule has 3 aromatic carbocycles. The van der Waals surface area contributed by atoms with Crippen molar-refractivity contribution >= 4 is 50.7 Å². The van der Waals surface area contributed by atoms with Gasteiger partial charge in [0.2, 0.25) is 21.8 Å². The quantitative estimate of drug-likeness (QED) is 0.250. The molecule has 0 spiro atoms. The number of hydrogen-bond donors (Lipinski definition) is 1. The molecule has 7 nitrogen and oxygen atoms in total. The summed E-state index contributed by atoms with van der Waals surface area (Å²) in [4.78, 5) is 29.2. The average Bonchev–Trinajstić information content (AvgIpc) is 2.89. The number of carbonyl (C=O) groups is 2. The zero-order valence-corrected chi connectivity index (χ0v) is 27.1. The van der Waals surface area contributed by atoms with Crippen LogP contribution in [0.25, 0.3) is 0 Å². The Morgan fingerprint density at radius 1 is 0.905 bits per heavy atom. The minimum atomic E-state index is -3.65. The third-order valence-corrected chi connectivity index (χ3v) is 8.25. The van der Waals surface area contributed by atoms with E-state index in [1.54, 1.807) is 41.3 Å². The molecule has 0 saturated carbocycles. The molecule has 2 amide bonds. The second-order valence-electron chi connectivity index (χ2n) is 11.5. The van der Waals surface area contributed by atoms with Gasteiger partial charge in [0, 0.05) is 41.5 Å². The summed E-state index contributed by atoms with van der Waals surface area (Å²) < 4.78 is 26.7. The molecule has 0 unspecified atom stereocenters. The predicted octanol–water partition coefficient (Wildman–Crippen LogP) is 6.40. The Balaban J connectivity index is 1.92. The maximum absolute atomic E-state index is 13.9. The summed E-state index contributed by atoms with van der Waals surface area (Å²) in [6, 6.07) is 21.0.